The molecule has 6 nitrogen and oxygen atoms in total. The summed E-state index contributed by atoms with van der Waals surface area (Å²) in [4.78, 5) is 23.1. The Morgan fingerprint density at radius 3 is 2.49 bits per heavy atom. The van der Waals surface area contributed by atoms with Crippen molar-refractivity contribution >= 4 is 17.0 Å². The van der Waals surface area contributed by atoms with Gasteiger partial charge in [0.1, 0.15) is 18.2 Å². The van der Waals surface area contributed by atoms with Crippen molar-refractivity contribution in [2.75, 3.05) is 19.7 Å². The molecule has 1 heterocycles. The molecule has 0 amide bonds. The second-order valence-corrected chi connectivity index (χ2v) is 7.69. The number of aromatic amines is 1. The van der Waals surface area contributed by atoms with Gasteiger partial charge < -0.3 is 14.6 Å². The second kappa shape index (κ2) is 10.6. The van der Waals surface area contributed by atoms with Crippen molar-refractivity contribution in [3.63, 3.8) is 0 Å². The Morgan fingerprint density at radius 1 is 0.971 bits per heavy atom. The smallest absolute Gasteiger partial charge is 0.492 e. The van der Waals surface area contributed by atoms with Crippen LogP contribution in [0.4, 0.5) is 17.6 Å². The number of aromatic nitrogens is 2. The molecule has 0 aliphatic heterocycles. The molecule has 1 aromatic heterocycles. The molecule has 0 aliphatic carbocycles. The zero-order valence-corrected chi connectivity index (χ0v) is 18.4. The quantitative estimate of drug-likeness (QED) is 0.256. The van der Waals surface area contributed by atoms with E-state index in [2.05, 4.69) is 14.8 Å². The third-order valence-corrected chi connectivity index (χ3v) is 5.20. The van der Waals surface area contributed by atoms with E-state index in [1.165, 1.54) is 18.2 Å². The van der Waals surface area contributed by atoms with Gasteiger partial charge in [0.15, 0.2) is 0 Å². The molecule has 182 valence electrons. The van der Waals surface area contributed by atoms with Crippen LogP contribution in [0.15, 0.2) is 73.1 Å². The lowest BCUT2D eigenvalue weighted by atomic mass is 10.1. The molecule has 3 aromatic carbocycles. The van der Waals surface area contributed by atoms with Crippen LogP contribution in [0, 0.1) is 5.82 Å². The van der Waals surface area contributed by atoms with Crippen molar-refractivity contribution in [3.8, 4) is 16.9 Å². The molecule has 0 radical (unpaired) electrons. The fourth-order valence-corrected chi connectivity index (χ4v) is 3.44. The van der Waals surface area contributed by atoms with Crippen LogP contribution < -0.4 is 4.74 Å². The summed E-state index contributed by atoms with van der Waals surface area (Å²) in [7, 11) is 0. The minimum absolute atomic E-state index is 0.0340. The minimum atomic E-state index is -5.13. The van der Waals surface area contributed by atoms with E-state index >= 15 is 0 Å². The van der Waals surface area contributed by atoms with Gasteiger partial charge in [0, 0.05) is 6.54 Å². The largest absolute Gasteiger partial charge is 0.492 e. The molecule has 1 N–H and O–H groups in total. The van der Waals surface area contributed by atoms with Gasteiger partial charge in [0.25, 0.3) is 0 Å². The van der Waals surface area contributed by atoms with E-state index in [9.17, 15) is 22.4 Å². The molecular formula is C25H21F4N3O3. The Kier molecular flexibility index (Phi) is 7.31. The lowest BCUT2D eigenvalue weighted by Gasteiger charge is -2.22. The predicted octanol–water partition coefficient (Wildman–Crippen LogP) is 5.31. The number of rotatable bonds is 9. The van der Waals surface area contributed by atoms with Crippen LogP contribution in [0.3, 0.4) is 0 Å². The van der Waals surface area contributed by atoms with Gasteiger partial charge in [0.2, 0.25) is 0 Å². The van der Waals surface area contributed by atoms with Crippen LogP contribution in [-0.2, 0) is 16.1 Å². The Hall–Kier alpha value is -3.92. The zero-order valence-electron chi connectivity index (χ0n) is 18.4. The number of carbonyl (C=O) groups is 1. The number of ether oxygens (including phenoxy) is 1. The second-order valence-electron chi connectivity index (χ2n) is 7.69. The summed E-state index contributed by atoms with van der Waals surface area (Å²) in [5, 5.41) is 0.870. The first-order chi connectivity index (χ1) is 16.8. The molecule has 0 bridgehead atoms. The third kappa shape index (κ3) is 6.57. The molecule has 0 saturated carbocycles. The number of benzene rings is 3. The first kappa shape index (κ1) is 24.2. The summed E-state index contributed by atoms with van der Waals surface area (Å²) in [5.41, 5.74) is 4.26. The van der Waals surface area contributed by atoms with E-state index in [-0.39, 0.29) is 26.1 Å². The van der Waals surface area contributed by atoms with Gasteiger partial charge in [-0.1, -0.05) is 30.3 Å². The van der Waals surface area contributed by atoms with Crippen molar-refractivity contribution in [1.29, 1.82) is 0 Å². The molecule has 0 spiro atoms. The maximum absolute atomic E-state index is 13.4. The number of hydrogen-bond donors (Lipinski definition) is 1. The number of alkyl halides is 3. The zero-order chi connectivity index (χ0) is 24.8. The number of hydrogen-bond acceptors (Lipinski definition) is 5. The Bertz CT molecular complexity index is 1290. The summed E-state index contributed by atoms with van der Waals surface area (Å²) < 4.78 is 57.0. The van der Waals surface area contributed by atoms with Crippen molar-refractivity contribution < 1.29 is 31.9 Å². The summed E-state index contributed by atoms with van der Waals surface area (Å²) in [6.07, 6.45) is -3.33. The van der Waals surface area contributed by atoms with Crippen molar-refractivity contribution in [2.24, 2.45) is 0 Å². The van der Waals surface area contributed by atoms with Crippen LogP contribution in [0.25, 0.3) is 22.2 Å². The molecule has 10 heteroatoms. The Labute approximate surface area is 198 Å². The first-order valence-corrected chi connectivity index (χ1v) is 10.7. The van der Waals surface area contributed by atoms with E-state index in [1.54, 1.807) is 24.5 Å². The highest BCUT2D eigenvalue weighted by Crippen LogP contribution is 2.25. The minimum Gasteiger partial charge on any atom is -0.492 e. The van der Waals surface area contributed by atoms with E-state index < -0.39 is 18.0 Å². The van der Waals surface area contributed by atoms with E-state index in [0.717, 1.165) is 27.2 Å². The highest BCUT2D eigenvalue weighted by Gasteiger charge is 2.42. The number of imidazole rings is 1. The van der Waals surface area contributed by atoms with Gasteiger partial charge in [-0.2, -0.15) is 13.2 Å². The number of carbonyl (C=O) groups excluding carboxylic acids is 1. The van der Waals surface area contributed by atoms with Crippen molar-refractivity contribution in [3.05, 3.63) is 84.4 Å². The summed E-state index contributed by atoms with van der Waals surface area (Å²) in [6, 6.07) is 18.7. The third-order valence-electron chi connectivity index (χ3n) is 5.20. The highest BCUT2D eigenvalue weighted by atomic mass is 19.4. The number of nitrogens with one attached hydrogen (secondary N) is 1. The van der Waals surface area contributed by atoms with Gasteiger partial charge in [0.05, 0.1) is 23.9 Å². The number of halogens is 4. The molecule has 0 saturated heterocycles. The van der Waals surface area contributed by atoms with E-state index in [4.69, 9.17) is 4.74 Å². The van der Waals surface area contributed by atoms with Gasteiger partial charge in [-0.15, -0.1) is 5.06 Å². The molecular weight excluding hydrogens is 466 g/mol. The number of fused-ring (bicyclic) bond motifs is 1. The van der Waals surface area contributed by atoms with Crippen LogP contribution in [0.5, 0.6) is 5.75 Å². The van der Waals surface area contributed by atoms with E-state index in [1.807, 2.05) is 30.3 Å². The van der Waals surface area contributed by atoms with Gasteiger partial charge in [-0.25, -0.2) is 14.2 Å². The number of hydroxylamine groups is 2. The average molecular weight is 487 g/mol. The normalized spacial score (nSPS) is 11.7. The van der Waals surface area contributed by atoms with Crippen LogP contribution in [0.1, 0.15) is 5.56 Å². The molecule has 4 rings (SSSR count). The van der Waals surface area contributed by atoms with Crippen molar-refractivity contribution in [2.45, 2.75) is 12.6 Å². The highest BCUT2D eigenvalue weighted by molar-refractivity contribution is 5.81. The molecule has 4 aromatic rings. The first-order valence-electron chi connectivity index (χ1n) is 10.7. The SMILES string of the molecule is O=C(ON(CCOc1ccc(-c2ccc3nc[nH]c3c2)cc1)CCc1cccc(F)c1)C(F)(F)F. The Balaban J connectivity index is 1.35. The molecule has 0 atom stereocenters. The summed E-state index contributed by atoms with van der Waals surface area (Å²) >= 11 is 0. The van der Waals surface area contributed by atoms with Crippen LogP contribution in [0.2, 0.25) is 0 Å². The van der Waals surface area contributed by atoms with Crippen LogP contribution in [-0.4, -0.2) is 46.9 Å². The summed E-state index contributed by atoms with van der Waals surface area (Å²) in [5.74, 6) is -2.28. The van der Waals surface area contributed by atoms with Gasteiger partial charge in [-0.05, 0) is 59.5 Å². The predicted molar refractivity (Wildman–Crippen MR) is 121 cm³/mol. The monoisotopic (exact) mass is 487 g/mol. The molecule has 0 unspecified atom stereocenters. The topological polar surface area (TPSA) is 67.4 Å². The molecule has 0 fully saturated rings. The summed E-state index contributed by atoms with van der Waals surface area (Å²) in [6.45, 7) is -0.216. The number of H-pyrrole nitrogens is 1. The van der Waals surface area contributed by atoms with Crippen molar-refractivity contribution in [1.82, 2.24) is 15.0 Å². The average Bonchev–Trinajstić information content (AvgIpc) is 3.30. The lowest BCUT2D eigenvalue weighted by molar-refractivity contribution is -0.239. The van der Waals surface area contributed by atoms with Crippen LogP contribution >= 0.6 is 0 Å². The molecule has 0 aliphatic rings. The maximum Gasteiger partial charge on any atom is 0.492 e. The van der Waals surface area contributed by atoms with E-state index in [0.29, 0.717) is 11.3 Å². The Morgan fingerprint density at radius 2 is 1.74 bits per heavy atom. The van der Waals surface area contributed by atoms with Gasteiger partial charge in [-0.3, -0.25) is 0 Å². The standard InChI is InChI=1S/C25H21F4N3O3/c26-20-3-1-2-17(14-20)10-11-32(35-24(33)25(27,28)29)12-13-34-21-7-4-18(5-8-21)19-6-9-22-23(15-19)31-16-30-22/h1-9,14-16H,10-13H2,(H,30,31). The lowest BCUT2D eigenvalue weighted by Crippen LogP contribution is -2.38. The maximum atomic E-state index is 13.4. The number of nitrogens with zero attached hydrogens (tertiary/aromatic N) is 2. The fraction of sp³-hybridized carbons (Fsp3) is 0.200. The molecule has 35 heavy (non-hydrogen) atoms. The van der Waals surface area contributed by atoms with Gasteiger partial charge >= 0.3 is 12.1 Å². The fourth-order valence-electron chi connectivity index (χ4n) is 3.44.